The fourth-order valence-corrected chi connectivity index (χ4v) is 1.53. The molecule has 0 fully saturated rings. The molecule has 0 spiro atoms. The maximum atomic E-state index is 5.29. The number of methoxy groups -OCH3 is 2. The normalized spacial score (nSPS) is 10.2. The fraction of sp³-hybridized carbons (Fsp3) is 0.333. The number of aromatic nitrogens is 2. The van der Waals surface area contributed by atoms with E-state index in [1.54, 1.807) is 14.2 Å². The Morgan fingerprint density at radius 2 is 2.06 bits per heavy atom. The Kier molecular flexibility index (Phi) is 3.66. The van der Waals surface area contributed by atoms with E-state index in [1.807, 2.05) is 25.1 Å². The fourth-order valence-electron chi connectivity index (χ4n) is 1.53. The van der Waals surface area contributed by atoms with Crippen molar-refractivity contribution >= 4 is 5.69 Å². The highest BCUT2D eigenvalue weighted by Crippen LogP contribution is 2.29. The van der Waals surface area contributed by atoms with Crippen LogP contribution >= 0.6 is 0 Å². The van der Waals surface area contributed by atoms with Crippen molar-refractivity contribution in [3.8, 4) is 11.5 Å². The van der Waals surface area contributed by atoms with Gasteiger partial charge in [-0.3, -0.25) is 0 Å². The van der Waals surface area contributed by atoms with Crippen LogP contribution in [0.5, 0.6) is 11.5 Å². The van der Waals surface area contributed by atoms with E-state index in [-0.39, 0.29) is 0 Å². The van der Waals surface area contributed by atoms with E-state index < -0.39 is 0 Å². The van der Waals surface area contributed by atoms with Gasteiger partial charge in [-0.15, -0.1) is 0 Å². The molecule has 0 aliphatic rings. The highest BCUT2D eigenvalue weighted by molar-refractivity contribution is 5.59. The molecule has 1 N–H and O–H groups in total. The average molecular weight is 249 g/mol. The van der Waals surface area contributed by atoms with Crippen molar-refractivity contribution in [3.63, 3.8) is 0 Å². The van der Waals surface area contributed by atoms with E-state index in [2.05, 4.69) is 20.3 Å². The van der Waals surface area contributed by atoms with Crippen LogP contribution in [-0.4, -0.2) is 24.5 Å². The molecular weight excluding hydrogens is 234 g/mol. The van der Waals surface area contributed by atoms with Crippen molar-refractivity contribution in [2.45, 2.75) is 13.5 Å². The molecule has 1 aromatic heterocycles. The number of nitrogens with zero attached hydrogens (tertiary/aromatic N) is 2. The minimum atomic E-state index is 0.526. The Bertz CT molecular complexity index is 525. The smallest absolute Gasteiger partial charge is 0.145 e. The summed E-state index contributed by atoms with van der Waals surface area (Å²) in [5.74, 6) is 1.46. The summed E-state index contributed by atoms with van der Waals surface area (Å²) in [6, 6.07) is 5.56. The molecule has 18 heavy (non-hydrogen) atoms. The first-order valence-corrected chi connectivity index (χ1v) is 5.48. The summed E-state index contributed by atoms with van der Waals surface area (Å²) in [5, 5.41) is 10.7. The zero-order chi connectivity index (χ0) is 13.0. The second kappa shape index (κ2) is 5.39. The molecule has 1 heterocycles. The molecule has 0 aliphatic carbocycles. The van der Waals surface area contributed by atoms with Crippen molar-refractivity contribution < 1.29 is 14.1 Å². The van der Waals surface area contributed by atoms with Crippen molar-refractivity contribution in [2.75, 3.05) is 19.5 Å². The van der Waals surface area contributed by atoms with E-state index in [0.29, 0.717) is 12.3 Å². The number of nitrogens with one attached hydrogen (secondary N) is 1. The molecule has 96 valence electrons. The second-order valence-corrected chi connectivity index (χ2v) is 3.72. The summed E-state index contributed by atoms with van der Waals surface area (Å²) in [6.07, 6.45) is 0. The molecule has 6 heteroatoms. The third-order valence-corrected chi connectivity index (χ3v) is 2.60. The SMILES string of the molecule is COc1ccc(NCc2nonc2C)c(OC)c1. The number of aryl methyl sites for hydroxylation is 1. The standard InChI is InChI=1S/C12H15N3O3/c1-8-11(15-18-14-8)7-13-10-5-4-9(16-2)6-12(10)17-3/h4-6,13H,7H2,1-3H3. The molecule has 0 bridgehead atoms. The number of benzene rings is 1. The van der Waals surface area contributed by atoms with Gasteiger partial charge >= 0.3 is 0 Å². The predicted molar refractivity (Wildman–Crippen MR) is 65.9 cm³/mol. The van der Waals surface area contributed by atoms with Crippen LogP contribution in [0.1, 0.15) is 11.4 Å². The summed E-state index contributed by atoms with van der Waals surface area (Å²) in [5.41, 5.74) is 2.41. The third kappa shape index (κ3) is 2.53. The Labute approximate surface area is 105 Å². The lowest BCUT2D eigenvalue weighted by atomic mass is 10.2. The molecule has 0 atom stereocenters. The van der Waals surface area contributed by atoms with Crippen LogP contribution in [0.25, 0.3) is 0 Å². The first-order valence-electron chi connectivity index (χ1n) is 5.48. The van der Waals surface area contributed by atoms with Crippen LogP contribution < -0.4 is 14.8 Å². The Morgan fingerprint density at radius 1 is 1.22 bits per heavy atom. The molecule has 0 saturated carbocycles. The highest BCUT2D eigenvalue weighted by Gasteiger charge is 2.08. The van der Waals surface area contributed by atoms with Gasteiger partial charge in [0.1, 0.15) is 22.9 Å². The quantitative estimate of drug-likeness (QED) is 0.874. The van der Waals surface area contributed by atoms with Gasteiger partial charge in [-0.2, -0.15) is 0 Å². The molecular formula is C12H15N3O3. The van der Waals surface area contributed by atoms with Crippen LogP contribution in [0.15, 0.2) is 22.8 Å². The van der Waals surface area contributed by atoms with Crippen molar-refractivity contribution in [3.05, 3.63) is 29.6 Å². The van der Waals surface area contributed by atoms with Gasteiger partial charge in [0.05, 0.1) is 26.5 Å². The first kappa shape index (κ1) is 12.2. The van der Waals surface area contributed by atoms with E-state index in [0.717, 1.165) is 22.8 Å². The Morgan fingerprint density at radius 3 is 2.67 bits per heavy atom. The van der Waals surface area contributed by atoms with E-state index in [4.69, 9.17) is 9.47 Å². The summed E-state index contributed by atoms with van der Waals surface area (Å²) >= 11 is 0. The van der Waals surface area contributed by atoms with Gasteiger partial charge in [0.25, 0.3) is 0 Å². The van der Waals surface area contributed by atoms with Gasteiger partial charge in [-0.25, -0.2) is 4.63 Å². The highest BCUT2D eigenvalue weighted by atomic mass is 16.6. The summed E-state index contributed by atoms with van der Waals surface area (Å²) in [6.45, 7) is 2.37. The molecule has 2 rings (SSSR count). The van der Waals surface area contributed by atoms with Crippen molar-refractivity contribution in [1.82, 2.24) is 10.3 Å². The van der Waals surface area contributed by atoms with Gasteiger partial charge in [0.2, 0.25) is 0 Å². The number of anilines is 1. The second-order valence-electron chi connectivity index (χ2n) is 3.72. The number of rotatable bonds is 5. The average Bonchev–Trinajstić information content (AvgIpc) is 2.81. The van der Waals surface area contributed by atoms with Crippen LogP contribution in [0.3, 0.4) is 0 Å². The van der Waals surface area contributed by atoms with E-state index in [1.165, 1.54) is 0 Å². The van der Waals surface area contributed by atoms with Crippen LogP contribution in [0, 0.1) is 6.92 Å². The van der Waals surface area contributed by atoms with Gasteiger partial charge < -0.3 is 14.8 Å². The monoisotopic (exact) mass is 249 g/mol. The molecule has 0 unspecified atom stereocenters. The maximum Gasteiger partial charge on any atom is 0.145 e. The summed E-state index contributed by atoms with van der Waals surface area (Å²) in [4.78, 5) is 0. The molecule has 0 aliphatic heterocycles. The Balaban J connectivity index is 2.11. The van der Waals surface area contributed by atoms with Gasteiger partial charge in [0, 0.05) is 6.07 Å². The molecule has 0 saturated heterocycles. The summed E-state index contributed by atoms with van der Waals surface area (Å²) in [7, 11) is 3.23. The number of hydrogen-bond acceptors (Lipinski definition) is 6. The minimum absolute atomic E-state index is 0.526. The molecule has 2 aromatic rings. The van der Waals surface area contributed by atoms with E-state index in [9.17, 15) is 0 Å². The molecule has 0 amide bonds. The zero-order valence-electron chi connectivity index (χ0n) is 10.6. The van der Waals surface area contributed by atoms with Crippen molar-refractivity contribution in [1.29, 1.82) is 0 Å². The predicted octanol–water partition coefficient (Wildman–Crippen LogP) is 2.01. The summed E-state index contributed by atoms with van der Waals surface area (Å²) < 4.78 is 15.1. The number of ether oxygens (including phenoxy) is 2. The van der Waals surface area contributed by atoms with Gasteiger partial charge in [-0.1, -0.05) is 10.3 Å². The van der Waals surface area contributed by atoms with Gasteiger partial charge in [0.15, 0.2) is 0 Å². The topological polar surface area (TPSA) is 69.4 Å². The number of hydrogen-bond donors (Lipinski definition) is 1. The maximum absolute atomic E-state index is 5.29. The first-order chi connectivity index (χ1) is 8.74. The molecule has 0 radical (unpaired) electrons. The largest absolute Gasteiger partial charge is 0.497 e. The lowest BCUT2D eigenvalue weighted by Crippen LogP contribution is -2.03. The Hall–Kier alpha value is -2.24. The van der Waals surface area contributed by atoms with E-state index >= 15 is 0 Å². The van der Waals surface area contributed by atoms with Gasteiger partial charge in [-0.05, 0) is 19.1 Å². The molecule has 6 nitrogen and oxygen atoms in total. The van der Waals surface area contributed by atoms with Crippen molar-refractivity contribution in [2.24, 2.45) is 0 Å². The molecule has 1 aromatic carbocycles. The lowest BCUT2D eigenvalue weighted by molar-refractivity contribution is 0.301. The zero-order valence-corrected chi connectivity index (χ0v) is 10.6. The van der Waals surface area contributed by atoms with Crippen LogP contribution in [0.4, 0.5) is 5.69 Å². The minimum Gasteiger partial charge on any atom is -0.497 e. The van der Waals surface area contributed by atoms with Crippen LogP contribution in [-0.2, 0) is 6.54 Å². The van der Waals surface area contributed by atoms with Crippen LogP contribution in [0.2, 0.25) is 0 Å². The third-order valence-electron chi connectivity index (χ3n) is 2.60. The lowest BCUT2D eigenvalue weighted by Gasteiger charge is -2.11.